The number of rotatable bonds is 3. The number of hydrogen-bond donors (Lipinski definition) is 1. The summed E-state index contributed by atoms with van der Waals surface area (Å²) >= 11 is 3.29. The van der Waals surface area contributed by atoms with Crippen LogP contribution in [0.4, 0.5) is 11.4 Å². The van der Waals surface area contributed by atoms with Crippen LogP contribution in [0, 0.1) is 10.1 Å². The topological polar surface area (TPSA) is 86.2 Å². The van der Waals surface area contributed by atoms with E-state index >= 15 is 0 Å². The molecule has 2 aromatic carbocycles. The summed E-state index contributed by atoms with van der Waals surface area (Å²) in [6.45, 7) is 0. The van der Waals surface area contributed by atoms with E-state index < -0.39 is 15.7 Å². The second-order valence-corrected chi connectivity index (χ2v) is 6.10. The van der Waals surface area contributed by atoms with Gasteiger partial charge in [0.25, 0.3) is 5.69 Å². The zero-order chi connectivity index (χ0) is 14.0. The van der Waals surface area contributed by atoms with Crippen LogP contribution in [0.3, 0.4) is 0 Å². The van der Waals surface area contributed by atoms with E-state index in [1.807, 2.05) is 0 Å². The predicted octanol–water partition coefficient (Wildman–Crippen LogP) is 3.11. The highest BCUT2D eigenvalue weighted by Gasteiger charge is 2.15. The first-order chi connectivity index (χ1) is 8.99. The smallest absolute Gasteiger partial charge is 0.293 e. The van der Waals surface area contributed by atoms with E-state index in [9.17, 15) is 14.3 Å². The second-order valence-electron chi connectivity index (χ2n) is 3.70. The van der Waals surface area contributed by atoms with Crippen molar-refractivity contribution in [3.8, 4) is 0 Å². The Kier molecular flexibility index (Phi) is 3.96. The van der Waals surface area contributed by atoms with E-state index in [4.69, 9.17) is 5.73 Å². The first-order valence-electron chi connectivity index (χ1n) is 5.20. The quantitative estimate of drug-likeness (QED) is 0.528. The Labute approximate surface area is 120 Å². The van der Waals surface area contributed by atoms with Crippen LogP contribution >= 0.6 is 15.9 Å². The largest absolute Gasteiger partial charge is 0.393 e. The van der Waals surface area contributed by atoms with Gasteiger partial charge in [-0.25, -0.2) is 4.21 Å². The van der Waals surface area contributed by atoms with Gasteiger partial charge in [-0.3, -0.25) is 10.1 Å². The number of nitro benzene ring substituents is 1. The van der Waals surface area contributed by atoms with Crippen molar-refractivity contribution in [1.82, 2.24) is 0 Å². The summed E-state index contributed by atoms with van der Waals surface area (Å²) in [6.07, 6.45) is 0. The molecule has 0 aliphatic heterocycles. The van der Waals surface area contributed by atoms with Crippen LogP contribution in [0.5, 0.6) is 0 Å². The Hall–Kier alpha value is -1.73. The third-order valence-corrected chi connectivity index (χ3v) is 4.35. The number of hydrogen-bond acceptors (Lipinski definition) is 4. The SMILES string of the molecule is Nc1ccc(S(=O)c2ccc(Br)cc2)cc1[N+](=O)[O-]. The Morgan fingerprint density at radius 3 is 2.26 bits per heavy atom. The fraction of sp³-hybridized carbons (Fsp3) is 0. The van der Waals surface area contributed by atoms with Crippen LogP contribution in [0.2, 0.25) is 0 Å². The summed E-state index contributed by atoms with van der Waals surface area (Å²) in [5.74, 6) is 0. The molecule has 0 spiro atoms. The molecule has 0 amide bonds. The molecule has 1 unspecified atom stereocenters. The first kappa shape index (κ1) is 13.7. The summed E-state index contributed by atoms with van der Waals surface area (Å²) in [6, 6.07) is 11.1. The number of nitrogens with two attached hydrogens (primary N) is 1. The Morgan fingerprint density at radius 1 is 1.11 bits per heavy atom. The minimum Gasteiger partial charge on any atom is -0.393 e. The number of anilines is 1. The number of benzene rings is 2. The molecule has 2 aromatic rings. The third-order valence-electron chi connectivity index (χ3n) is 2.44. The van der Waals surface area contributed by atoms with E-state index in [2.05, 4.69) is 15.9 Å². The number of nitro groups is 1. The Bertz CT molecular complexity index is 659. The fourth-order valence-corrected chi connectivity index (χ4v) is 2.82. The van der Waals surface area contributed by atoms with Crippen LogP contribution in [-0.4, -0.2) is 9.13 Å². The highest BCUT2D eigenvalue weighted by atomic mass is 79.9. The van der Waals surface area contributed by atoms with E-state index in [0.717, 1.165) is 4.47 Å². The zero-order valence-corrected chi connectivity index (χ0v) is 12.0. The molecule has 7 heteroatoms. The standard InChI is InChI=1S/C12H9BrN2O3S/c13-8-1-3-9(4-2-8)19(18)10-5-6-11(14)12(7-10)15(16)17/h1-7H,14H2. The maximum absolute atomic E-state index is 12.3. The summed E-state index contributed by atoms with van der Waals surface area (Å²) in [7, 11) is -1.47. The van der Waals surface area contributed by atoms with Crippen molar-refractivity contribution >= 4 is 38.1 Å². The second kappa shape index (κ2) is 5.50. The molecule has 5 nitrogen and oxygen atoms in total. The van der Waals surface area contributed by atoms with Crippen molar-refractivity contribution in [2.24, 2.45) is 0 Å². The summed E-state index contributed by atoms with van der Waals surface area (Å²) in [4.78, 5) is 11.1. The van der Waals surface area contributed by atoms with E-state index in [1.54, 1.807) is 24.3 Å². The predicted molar refractivity (Wildman–Crippen MR) is 76.3 cm³/mol. The van der Waals surface area contributed by atoms with Gasteiger partial charge in [0, 0.05) is 15.4 Å². The van der Waals surface area contributed by atoms with Crippen molar-refractivity contribution in [2.45, 2.75) is 9.79 Å². The van der Waals surface area contributed by atoms with Gasteiger partial charge in [0.2, 0.25) is 0 Å². The normalized spacial score (nSPS) is 12.1. The molecule has 0 aromatic heterocycles. The van der Waals surface area contributed by atoms with Gasteiger partial charge in [-0.1, -0.05) is 15.9 Å². The molecule has 0 saturated carbocycles. The van der Waals surface area contributed by atoms with Crippen LogP contribution in [-0.2, 0) is 10.8 Å². The van der Waals surface area contributed by atoms with Crippen molar-refractivity contribution in [2.75, 3.05) is 5.73 Å². The van der Waals surface area contributed by atoms with Crippen molar-refractivity contribution in [3.63, 3.8) is 0 Å². The maximum Gasteiger partial charge on any atom is 0.293 e. The zero-order valence-electron chi connectivity index (χ0n) is 9.58. The van der Waals surface area contributed by atoms with Gasteiger partial charge in [-0.15, -0.1) is 0 Å². The molecule has 98 valence electrons. The van der Waals surface area contributed by atoms with Crippen LogP contribution in [0.15, 0.2) is 56.7 Å². The van der Waals surface area contributed by atoms with Crippen LogP contribution in [0.25, 0.3) is 0 Å². The lowest BCUT2D eigenvalue weighted by atomic mass is 10.3. The molecule has 1 atom stereocenters. The Morgan fingerprint density at radius 2 is 1.68 bits per heavy atom. The molecule has 0 saturated heterocycles. The molecular formula is C12H9BrN2O3S. The molecule has 0 aliphatic rings. The lowest BCUT2D eigenvalue weighted by molar-refractivity contribution is -0.384. The summed E-state index contributed by atoms with van der Waals surface area (Å²) in [5, 5.41) is 10.8. The lowest BCUT2D eigenvalue weighted by Crippen LogP contribution is -1.99. The highest BCUT2D eigenvalue weighted by Crippen LogP contribution is 2.26. The van der Waals surface area contributed by atoms with Gasteiger partial charge < -0.3 is 5.73 Å². The van der Waals surface area contributed by atoms with Gasteiger partial charge in [0.15, 0.2) is 0 Å². The van der Waals surface area contributed by atoms with Crippen molar-refractivity contribution in [3.05, 3.63) is 57.1 Å². The lowest BCUT2D eigenvalue weighted by Gasteiger charge is -2.04. The minimum atomic E-state index is -1.47. The molecule has 2 N–H and O–H groups in total. The molecule has 0 radical (unpaired) electrons. The molecule has 0 heterocycles. The number of halogens is 1. The van der Waals surface area contributed by atoms with Crippen LogP contribution < -0.4 is 5.73 Å². The molecule has 2 rings (SSSR count). The average Bonchev–Trinajstić information content (AvgIpc) is 2.39. The van der Waals surface area contributed by atoms with E-state index in [-0.39, 0.29) is 11.4 Å². The Balaban J connectivity index is 2.42. The average molecular weight is 341 g/mol. The van der Waals surface area contributed by atoms with E-state index in [0.29, 0.717) is 9.79 Å². The minimum absolute atomic E-state index is 0.0570. The van der Waals surface area contributed by atoms with Gasteiger partial charge in [-0.05, 0) is 36.4 Å². The maximum atomic E-state index is 12.3. The van der Waals surface area contributed by atoms with Gasteiger partial charge >= 0.3 is 0 Å². The number of nitrogen functional groups attached to an aromatic ring is 1. The molecule has 19 heavy (non-hydrogen) atoms. The van der Waals surface area contributed by atoms with Crippen molar-refractivity contribution < 1.29 is 9.13 Å². The number of nitrogens with zero attached hydrogens (tertiary/aromatic N) is 1. The highest BCUT2D eigenvalue weighted by molar-refractivity contribution is 9.10. The monoisotopic (exact) mass is 340 g/mol. The van der Waals surface area contributed by atoms with E-state index in [1.165, 1.54) is 18.2 Å². The molecule has 0 fully saturated rings. The molecular weight excluding hydrogens is 332 g/mol. The third kappa shape index (κ3) is 2.99. The summed E-state index contributed by atoms with van der Waals surface area (Å²) in [5.41, 5.74) is 5.33. The first-order valence-corrected chi connectivity index (χ1v) is 7.14. The van der Waals surface area contributed by atoms with Crippen molar-refractivity contribution in [1.29, 1.82) is 0 Å². The molecule has 0 aliphatic carbocycles. The van der Waals surface area contributed by atoms with Crippen LogP contribution in [0.1, 0.15) is 0 Å². The van der Waals surface area contributed by atoms with Gasteiger partial charge in [0.05, 0.1) is 20.6 Å². The fourth-order valence-electron chi connectivity index (χ4n) is 1.49. The van der Waals surface area contributed by atoms with Gasteiger partial charge in [-0.2, -0.15) is 0 Å². The summed E-state index contributed by atoms with van der Waals surface area (Å²) < 4.78 is 13.1. The molecule has 0 bridgehead atoms. The van der Waals surface area contributed by atoms with Gasteiger partial charge in [0.1, 0.15) is 5.69 Å².